The van der Waals surface area contributed by atoms with Crippen LogP contribution in [0, 0.1) is 5.92 Å². The minimum Gasteiger partial charge on any atom is -0.478 e. The molecule has 5 heteroatoms. The highest BCUT2D eigenvalue weighted by atomic mass is 16.4. The molecule has 3 aliphatic rings. The summed E-state index contributed by atoms with van der Waals surface area (Å²) in [6, 6.07) is 5.02. The van der Waals surface area contributed by atoms with E-state index >= 15 is 0 Å². The zero-order valence-corrected chi connectivity index (χ0v) is 13.6. The van der Waals surface area contributed by atoms with Crippen LogP contribution in [0.5, 0.6) is 0 Å². The van der Waals surface area contributed by atoms with E-state index in [-0.39, 0.29) is 23.8 Å². The summed E-state index contributed by atoms with van der Waals surface area (Å²) in [5, 5.41) is 12.9. The lowest BCUT2D eigenvalue weighted by molar-refractivity contribution is -0.134. The first-order valence-corrected chi connectivity index (χ1v) is 8.75. The lowest BCUT2D eigenvalue weighted by atomic mass is 9.77. The fourth-order valence-electron chi connectivity index (χ4n) is 4.39. The van der Waals surface area contributed by atoms with Gasteiger partial charge in [0.05, 0.1) is 5.56 Å². The molecule has 0 spiro atoms. The Balaban J connectivity index is 1.69. The molecule has 3 atom stereocenters. The molecule has 0 bridgehead atoms. The van der Waals surface area contributed by atoms with E-state index in [0.29, 0.717) is 5.56 Å². The molecule has 2 N–H and O–H groups in total. The minimum absolute atomic E-state index is 0.00675. The monoisotopic (exact) mass is 326 g/mol. The van der Waals surface area contributed by atoms with Crippen molar-refractivity contribution in [2.75, 3.05) is 18.4 Å². The quantitative estimate of drug-likeness (QED) is 0.820. The molecular formula is C19H22N2O3. The summed E-state index contributed by atoms with van der Waals surface area (Å²) < 4.78 is 0. The average molecular weight is 326 g/mol. The molecule has 0 aromatic heterocycles. The number of carboxylic acids is 1. The van der Waals surface area contributed by atoms with Crippen molar-refractivity contribution in [3.8, 4) is 0 Å². The number of piperidine rings is 1. The molecule has 2 aliphatic heterocycles. The first-order chi connectivity index (χ1) is 11.7. The highest BCUT2D eigenvalue weighted by Gasteiger charge is 2.43. The molecule has 5 nitrogen and oxygen atoms in total. The van der Waals surface area contributed by atoms with Crippen molar-refractivity contribution in [2.24, 2.45) is 5.92 Å². The maximum absolute atomic E-state index is 13.0. The summed E-state index contributed by atoms with van der Waals surface area (Å²) in [6.45, 7) is 1.67. The van der Waals surface area contributed by atoms with Gasteiger partial charge in [0.1, 0.15) is 6.04 Å². The second kappa shape index (κ2) is 5.96. The Morgan fingerprint density at radius 3 is 2.71 bits per heavy atom. The van der Waals surface area contributed by atoms with Crippen LogP contribution >= 0.6 is 0 Å². The molecule has 126 valence electrons. The fraction of sp³-hybridized carbons (Fsp3) is 0.474. The molecule has 4 rings (SSSR count). The third-order valence-corrected chi connectivity index (χ3v) is 5.56. The van der Waals surface area contributed by atoms with Crippen LogP contribution in [0.4, 0.5) is 5.69 Å². The van der Waals surface area contributed by atoms with E-state index in [4.69, 9.17) is 0 Å². The molecular weight excluding hydrogens is 304 g/mol. The van der Waals surface area contributed by atoms with Gasteiger partial charge in [0, 0.05) is 30.6 Å². The van der Waals surface area contributed by atoms with Crippen LogP contribution in [0.2, 0.25) is 0 Å². The van der Waals surface area contributed by atoms with E-state index in [9.17, 15) is 14.7 Å². The average Bonchev–Trinajstić information content (AvgIpc) is 3.10. The van der Waals surface area contributed by atoms with Crippen molar-refractivity contribution in [2.45, 2.75) is 37.6 Å². The number of hydrogen-bond acceptors (Lipinski definition) is 3. The van der Waals surface area contributed by atoms with Crippen molar-refractivity contribution in [1.82, 2.24) is 4.90 Å². The number of fused-ring (bicyclic) bond motifs is 3. The van der Waals surface area contributed by atoms with Crippen LogP contribution in [0.25, 0.3) is 0 Å². The van der Waals surface area contributed by atoms with E-state index < -0.39 is 5.97 Å². The van der Waals surface area contributed by atoms with Gasteiger partial charge in [0.15, 0.2) is 0 Å². The van der Waals surface area contributed by atoms with E-state index in [1.54, 1.807) is 12.1 Å². The van der Waals surface area contributed by atoms with Gasteiger partial charge < -0.3 is 15.3 Å². The number of nitrogens with one attached hydrogen (secondary N) is 1. The molecule has 0 radical (unpaired) electrons. The molecule has 0 saturated carbocycles. The van der Waals surface area contributed by atoms with Gasteiger partial charge in [-0.1, -0.05) is 18.2 Å². The highest BCUT2D eigenvalue weighted by Crippen LogP contribution is 2.46. The molecule has 1 aliphatic carbocycles. The van der Waals surface area contributed by atoms with Crippen molar-refractivity contribution < 1.29 is 14.7 Å². The zero-order valence-electron chi connectivity index (χ0n) is 13.6. The van der Waals surface area contributed by atoms with Gasteiger partial charge in [-0.15, -0.1) is 0 Å². The Morgan fingerprint density at radius 2 is 1.96 bits per heavy atom. The number of carbonyl (C=O) groups is 2. The van der Waals surface area contributed by atoms with Gasteiger partial charge >= 0.3 is 5.97 Å². The smallest absolute Gasteiger partial charge is 0.336 e. The number of amides is 1. The number of allylic oxidation sites excluding steroid dienone is 2. The normalized spacial score (nSPS) is 28.0. The van der Waals surface area contributed by atoms with Gasteiger partial charge in [-0.25, -0.2) is 4.79 Å². The van der Waals surface area contributed by atoms with E-state index in [0.717, 1.165) is 43.6 Å². The largest absolute Gasteiger partial charge is 0.478 e. The van der Waals surface area contributed by atoms with Crippen LogP contribution in [-0.4, -0.2) is 41.0 Å². The molecule has 2 heterocycles. The van der Waals surface area contributed by atoms with Gasteiger partial charge in [-0.05, 0) is 43.4 Å². The second-order valence-electron chi connectivity index (χ2n) is 6.93. The SMILES string of the molecule is O=C(O)c1cccc2c1C1C=CCC1C(C(=O)N1CCCCC1)N2. The maximum atomic E-state index is 13.0. The van der Waals surface area contributed by atoms with Crippen LogP contribution in [0.15, 0.2) is 30.4 Å². The second-order valence-corrected chi connectivity index (χ2v) is 6.93. The lowest BCUT2D eigenvalue weighted by Gasteiger charge is -2.40. The zero-order chi connectivity index (χ0) is 16.7. The van der Waals surface area contributed by atoms with Gasteiger partial charge in [-0.3, -0.25) is 4.79 Å². The summed E-state index contributed by atoms with van der Waals surface area (Å²) >= 11 is 0. The number of anilines is 1. The molecule has 1 aromatic carbocycles. The number of carboxylic acid groups (broad SMARTS) is 1. The topological polar surface area (TPSA) is 69.6 Å². The van der Waals surface area contributed by atoms with Crippen LogP contribution in [-0.2, 0) is 4.79 Å². The molecule has 1 saturated heterocycles. The molecule has 1 fully saturated rings. The van der Waals surface area contributed by atoms with Crippen LogP contribution < -0.4 is 5.32 Å². The van der Waals surface area contributed by atoms with E-state index in [1.165, 1.54) is 6.42 Å². The summed E-state index contributed by atoms with van der Waals surface area (Å²) in [4.78, 5) is 26.6. The van der Waals surface area contributed by atoms with Crippen molar-refractivity contribution >= 4 is 17.6 Å². The number of rotatable bonds is 2. The van der Waals surface area contributed by atoms with Crippen molar-refractivity contribution in [1.29, 1.82) is 0 Å². The number of nitrogens with zero attached hydrogens (tertiary/aromatic N) is 1. The van der Waals surface area contributed by atoms with Crippen LogP contribution in [0.3, 0.4) is 0 Å². The Bertz CT molecular complexity index is 707. The predicted molar refractivity (Wildman–Crippen MR) is 91.2 cm³/mol. The Kier molecular flexibility index (Phi) is 3.79. The molecule has 1 aromatic rings. The molecule has 3 unspecified atom stereocenters. The lowest BCUT2D eigenvalue weighted by Crippen LogP contribution is -2.51. The number of aromatic carboxylic acids is 1. The van der Waals surface area contributed by atoms with E-state index in [2.05, 4.69) is 17.5 Å². The predicted octanol–water partition coefficient (Wildman–Crippen LogP) is 2.85. The fourth-order valence-corrected chi connectivity index (χ4v) is 4.39. The maximum Gasteiger partial charge on any atom is 0.336 e. The van der Waals surface area contributed by atoms with E-state index in [1.807, 2.05) is 11.0 Å². The summed E-state index contributed by atoms with van der Waals surface area (Å²) in [6.07, 6.45) is 8.32. The number of carbonyl (C=O) groups excluding carboxylic acids is 1. The van der Waals surface area contributed by atoms with Gasteiger partial charge in [0.2, 0.25) is 5.91 Å². The first-order valence-electron chi connectivity index (χ1n) is 8.75. The van der Waals surface area contributed by atoms with Crippen molar-refractivity contribution in [3.63, 3.8) is 0 Å². The molecule has 1 amide bonds. The summed E-state index contributed by atoms with van der Waals surface area (Å²) in [5.74, 6) is -0.631. The van der Waals surface area contributed by atoms with Gasteiger partial charge in [-0.2, -0.15) is 0 Å². The highest BCUT2D eigenvalue weighted by molar-refractivity contribution is 5.94. The Hall–Kier alpha value is -2.30. The number of benzene rings is 1. The molecule has 24 heavy (non-hydrogen) atoms. The standard InChI is InChI=1S/C19H22N2O3/c22-18(21-10-2-1-3-11-21)17-13-7-4-6-12(13)16-14(19(23)24)8-5-9-15(16)20-17/h4-6,8-9,12-13,17,20H,1-3,7,10-11H2,(H,23,24). The minimum atomic E-state index is -0.909. The Morgan fingerprint density at radius 1 is 1.17 bits per heavy atom. The van der Waals surface area contributed by atoms with Gasteiger partial charge in [0.25, 0.3) is 0 Å². The van der Waals surface area contributed by atoms with Crippen molar-refractivity contribution in [3.05, 3.63) is 41.5 Å². The third-order valence-electron chi connectivity index (χ3n) is 5.56. The summed E-state index contributed by atoms with van der Waals surface area (Å²) in [7, 11) is 0. The summed E-state index contributed by atoms with van der Waals surface area (Å²) in [5.41, 5.74) is 1.95. The Labute approximate surface area is 141 Å². The van der Waals surface area contributed by atoms with Crippen LogP contribution in [0.1, 0.15) is 47.5 Å². The first kappa shape index (κ1) is 15.2. The number of hydrogen-bond donors (Lipinski definition) is 2. The third kappa shape index (κ3) is 2.39. The number of likely N-dealkylation sites (tertiary alicyclic amines) is 1.